The summed E-state index contributed by atoms with van der Waals surface area (Å²) in [5, 5.41) is 2.48. The molecule has 2 N–H and O–H groups in total. The van der Waals surface area contributed by atoms with Crippen LogP contribution in [0.25, 0.3) is 16.9 Å². The number of carbonyl (C=O) groups is 2. The van der Waals surface area contributed by atoms with E-state index < -0.39 is 23.4 Å². The number of methoxy groups -OCH3 is 4. The number of hydrogen-bond donors (Lipinski definition) is 2. The van der Waals surface area contributed by atoms with E-state index in [1.165, 1.54) is 52.7 Å². The number of ether oxygens (including phenoxy) is 5. The summed E-state index contributed by atoms with van der Waals surface area (Å²) in [6.45, 7) is -0.566. The molecule has 0 radical (unpaired) electrons. The molecule has 1 amide bonds. The van der Waals surface area contributed by atoms with Gasteiger partial charge in [-0.05, 0) is 12.1 Å². The molecule has 13 nitrogen and oxygen atoms in total. The lowest BCUT2D eigenvalue weighted by molar-refractivity contribution is -0.141. The number of esters is 1. The zero-order valence-corrected chi connectivity index (χ0v) is 23.1. The summed E-state index contributed by atoms with van der Waals surface area (Å²) >= 11 is 6.54. The van der Waals surface area contributed by atoms with Crippen molar-refractivity contribution in [3.63, 3.8) is 0 Å². The van der Waals surface area contributed by atoms with Crippen molar-refractivity contribution in [1.29, 1.82) is 0 Å². The summed E-state index contributed by atoms with van der Waals surface area (Å²) in [7, 11) is 5.34. The molecule has 0 fully saturated rings. The molecule has 4 rings (SSSR count). The molecule has 4 aromatic rings. The summed E-state index contributed by atoms with van der Waals surface area (Å²) in [6.07, 6.45) is -0.335. The number of rotatable bonds is 11. The second-order valence-electron chi connectivity index (χ2n) is 8.31. The maximum atomic E-state index is 14.5. The quantitative estimate of drug-likeness (QED) is 0.249. The van der Waals surface area contributed by atoms with Crippen molar-refractivity contribution in [2.75, 3.05) is 35.0 Å². The van der Waals surface area contributed by atoms with E-state index in [2.05, 4.69) is 25.0 Å². The summed E-state index contributed by atoms with van der Waals surface area (Å²) in [5.41, 5.74) is -0.145. The number of hydrogen-bond acceptors (Lipinski definition) is 10. The van der Waals surface area contributed by atoms with Crippen LogP contribution >= 0.6 is 11.6 Å². The van der Waals surface area contributed by atoms with Gasteiger partial charge in [-0.3, -0.25) is 14.6 Å². The number of carbonyl (C=O) groups excluding carboxylic acids is 2. The van der Waals surface area contributed by atoms with E-state index in [1.807, 2.05) is 0 Å². The lowest BCUT2D eigenvalue weighted by atomic mass is 10.2. The highest BCUT2D eigenvalue weighted by Crippen LogP contribution is 2.37. The molecule has 41 heavy (non-hydrogen) atoms. The van der Waals surface area contributed by atoms with E-state index in [4.69, 9.17) is 30.5 Å². The zero-order chi connectivity index (χ0) is 29.7. The fourth-order valence-corrected chi connectivity index (χ4v) is 4.13. The third-order valence-electron chi connectivity index (χ3n) is 5.86. The lowest BCUT2D eigenvalue weighted by Crippen LogP contribution is -2.31. The molecule has 0 aliphatic carbocycles. The Kier molecular flexibility index (Phi) is 8.92. The van der Waals surface area contributed by atoms with E-state index in [9.17, 15) is 18.8 Å². The van der Waals surface area contributed by atoms with Crippen molar-refractivity contribution in [2.24, 2.45) is 0 Å². The standard InChI is InChI=1S/C26H25ClFN5O8/c1-37-17-7-5-6-15(28)13(17)12-41-19-9-16(14(27)8-18(19)38-2)33-24-23(32-26(33)36)25(40-4)31-20(30-24)10-21(34)29-11-22(35)39-3/h5-9H,10-12H2,1-4H3,(H,29,34)(H,32,36). The smallest absolute Gasteiger partial charge is 0.332 e. The van der Waals surface area contributed by atoms with Gasteiger partial charge in [-0.2, -0.15) is 4.98 Å². The van der Waals surface area contributed by atoms with Crippen LogP contribution in [-0.2, 0) is 27.4 Å². The van der Waals surface area contributed by atoms with Crippen LogP contribution in [0, 0.1) is 5.82 Å². The Labute approximate surface area is 237 Å². The van der Waals surface area contributed by atoms with E-state index in [0.717, 1.165) is 4.57 Å². The summed E-state index contributed by atoms with van der Waals surface area (Å²) in [5.74, 6) is -1.09. The van der Waals surface area contributed by atoms with Crippen LogP contribution in [0.15, 0.2) is 35.1 Å². The molecular weight excluding hydrogens is 565 g/mol. The Morgan fingerprint density at radius 1 is 1.05 bits per heavy atom. The van der Waals surface area contributed by atoms with Crippen LogP contribution in [-0.4, -0.2) is 66.4 Å². The van der Waals surface area contributed by atoms with Gasteiger partial charge in [0.2, 0.25) is 11.8 Å². The zero-order valence-electron chi connectivity index (χ0n) is 22.4. The predicted molar refractivity (Wildman–Crippen MR) is 144 cm³/mol. The monoisotopic (exact) mass is 589 g/mol. The highest BCUT2D eigenvalue weighted by molar-refractivity contribution is 6.32. The first-order valence-electron chi connectivity index (χ1n) is 11.9. The number of benzene rings is 2. The summed E-state index contributed by atoms with van der Waals surface area (Å²) in [6, 6.07) is 7.24. The Morgan fingerprint density at radius 2 is 1.80 bits per heavy atom. The van der Waals surface area contributed by atoms with Crippen molar-refractivity contribution in [3.8, 4) is 28.8 Å². The number of aromatic amines is 1. The molecule has 0 aliphatic heterocycles. The number of aromatic nitrogens is 4. The largest absolute Gasteiger partial charge is 0.496 e. The Hall–Kier alpha value is -4.85. The first-order chi connectivity index (χ1) is 19.7. The van der Waals surface area contributed by atoms with Gasteiger partial charge in [0.05, 0.1) is 51.1 Å². The van der Waals surface area contributed by atoms with Crippen molar-refractivity contribution < 1.29 is 37.7 Å². The third kappa shape index (κ3) is 6.17. The second-order valence-corrected chi connectivity index (χ2v) is 8.71. The molecule has 0 atom stereocenters. The van der Waals surface area contributed by atoms with Crippen LogP contribution in [0.5, 0.6) is 23.1 Å². The molecule has 0 unspecified atom stereocenters. The second kappa shape index (κ2) is 12.6. The Morgan fingerprint density at radius 3 is 2.49 bits per heavy atom. The van der Waals surface area contributed by atoms with Crippen LogP contribution in [0.1, 0.15) is 11.4 Å². The highest BCUT2D eigenvalue weighted by atomic mass is 35.5. The minimum Gasteiger partial charge on any atom is -0.496 e. The van der Waals surface area contributed by atoms with Gasteiger partial charge < -0.3 is 29.0 Å². The average molecular weight is 590 g/mol. The fraction of sp³-hybridized carbons (Fsp3) is 0.269. The van der Waals surface area contributed by atoms with Crippen molar-refractivity contribution in [2.45, 2.75) is 13.0 Å². The normalized spacial score (nSPS) is 10.8. The molecule has 2 heterocycles. The molecule has 0 saturated carbocycles. The number of imidazole rings is 1. The van der Waals surface area contributed by atoms with Gasteiger partial charge in [0.15, 0.2) is 17.1 Å². The van der Waals surface area contributed by atoms with Gasteiger partial charge in [0.1, 0.15) is 36.1 Å². The number of halogens is 2. The van der Waals surface area contributed by atoms with Crippen molar-refractivity contribution >= 4 is 34.6 Å². The molecule has 2 aromatic carbocycles. The molecule has 2 aromatic heterocycles. The van der Waals surface area contributed by atoms with Crippen LogP contribution < -0.4 is 30.0 Å². The van der Waals surface area contributed by atoms with Gasteiger partial charge in [0.25, 0.3) is 0 Å². The molecule has 0 spiro atoms. The number of nitrogens with one attached hydrogen (secondary N) is 2. The van der Waals surface area contributed by atoms with Gasteiger partial charge in [-0.15, -0.1) is 0 Å². The molecule has 216 valence electrons. The van der Waals surface area contributed by atoms with Gasteiger partial charge in [0, 0.05) is 12.1 Å². The van der Waals surface area contributed by atoms with E-state index >= 15 is 0 Å². The van der Waals surface area contributed by atoms with Gasteiger partial charge in [-0.25, -0.2) is 18.7 Å². The maximum absolute atomic E-state index is 14.5. The first kappa shape index (κ1) is 29.1. The average Bonchev–Trinajstić information content (AvgIpc) is 3.30. The Balaban J connectivity index is 1.76. The SMILES string of the molecule is COC(=O)CNC(=O)Cc1nc(OC)c2[nH]c(=O)n(-c3cc(OCc4c(F)cccc4OC)c(OC)cc3Cl)c2n1. The topological polar surface area (TPSA) is 156 Å². The first-order valence-corrected chi connectivity index (χ1v) is 12.3. The number of H-pyrrole nitrogens is 1. The minimum absolute atomic E-state index is 0.00257. The van der Waals surface area contributed by atoms with Crippen LogP contribution in [0.3, 0.4) is 0 Å². The minimum atomic E-state index is -0.645. The highest BCUT2D eigenvalue weighted by Gasteiger charge is 2.22. The molecule has 15 heteroatoms. The molecule has 0 bridgehead atoms. The van der Waals surface area contributed by atoms with Gasteiger partial charge >= 0.3 is 11.7 Å². The third-order valence-corrected chi connectivity index (χ3v) is 6.16. The molecular formula is C26H25ClFN5O8. The molecule has 0 aliphatic rings. The van der Waals surface area contributed by atoms with E-state index in [1.54, 1.807) is 6.07 Å². The maximum Gasteiger partial charge on any atom is 0.332 e. The number of nitrogens with zero attached hydrogens (tertiary/aromatic N) is 3. The van der Waals surface area contributed by atoms with E-state index in [-0.39, 0.29) is 76.0 Å². The predicted octanol–water partition coefficient (Wildman–Crippen LogP) is 2.34. The Bertz CT molecular complexity index is 1670. The van der Waals surface area contributed by atoms with Gasteiger partial charge in [-0.1, -0.05) is 17.7 Å². The molecule has 0 saturated heterocycles. The summed E-state index contributed by atoms with van der Waals surface area (Å²) in [4.78, 5) is 48.0. The van der Waals surface area contributed by atoms with Crippen molar-refractivity contribution in [3.05, 3.63) is 63.0 Å². The van der Waals surface area contributed by atoms with Crippen LogP contribution in [0.2, 0.25) is 5.02 Å². The summed E-state index contributed by atoms with van der Waals surface area (Å²) < 4.78 is 41.9. The number of fused-ring (bicyclic) bond motifs is 1. The fourth-order valence-electron chi connectivity index (χ4n) is 3.89. The lowest BCUT2D eigenvalue weighted by Gasteiger charge is -2.16. The van der Waals surface area contributed by atoms with E-state index in [0.29, 0.717) is 0 Å². The van der Waals surface area contributed by atoms with Crippen LogP contribution in [0.4, 0.5) is 4.39 Å². The number of amides is 1. The van der Waals surface area contributed by atoms with Crippen molar-refractivity contribution in [1.82, 2.24) is 24.8 Å².